The normalized spacial score (nSPS) is 9.96. The molecule has 1 aromatic carbocycles. The number of nitrogens with zero attached hydrogens (tertiary/aromatic N) is 3. The number of nitrogens with two attached hydrogens (primary N) is 1. The van der Waals surface area contributed by atoms with E-state index < -0.39 is 24.4 Å². The highest BCUT2D eigenvalue weighted by Gasteiger charge is 2.12. The van der Waals surface area contributed by atoms with Crippen LogP contribution in [-0.2, 0) is 14.3 Å². The average Bonchev–Trinajstić information content (AvgIpc) is 2.61. The Bertz CT molecular complexity index is 749. The molecule has 130 valence electrons. The Kier molecular flexibility index (Phi) is 5.99. The molecule has 0 saturated heterocycles. The predicted molar refractivity (Wildman–Crippen MR) is 89.9 cm³/mol. The first-order valence-electron chi connectivity index (χ1n) is 7.29. The van der Waals surface area contributed by atoms with Gasteiger partial charge in [0.1, 0.15) is 6.54 Å². The van der Waals surface area contributed by atoms with Gasteiger partial charge in [-0.05, 0) is 30.3 Å². The van der Waals surface area contributed by atoms with Crippen molar-refractivity contribution in [2.24, 2.45) is 5.73 Å². The van der Waals surface area contributed by atoms with E-state index >= 15 is 0 Å². The molecule has 25 heavy (non-hydrogen) atoms. The second kappa shape index (κ2) is 8.39. The van der Waals surface area contributed by atoms with E-state index in [1.807, 2.05) is 0 Å². The Morgan fingerprint density at radius 3 is 2.40 bits per heavy atom. The summed E-state index contributed by atoms with van der Waals surface area (Å²) in [5, 5.41) is 2.54. The number of hydrogen-bond donors (Lipinski definition) is 2. The summed E-state index contributed by atoms with van der Waals surface area (Å²) in [7, 11) is 1.64. The second-order valence-corrected chi connectivity index (χ2v) is 5.06. The number of amides is 2. The number of anilines is 2. The van der Waals surface area contributed by atoms with Gasteiger partial charge in [0.05, 0.1) is 0 Å². The van der Waals surface area contributed by atoms with Crippen LogP contribution in [0.15, 0.2) is 42.7 Å². The Morgan fingerprint density at radius 1 is 1.16 bits per heavy atom. The molecule has 0 aliphatic heterocycles. The van der Waals surface area contributed by atoms with Gasteiger partial charge >= 0.3 is 5.97 Å². The van der Waals surface area contributed by atoms with E-state index in [4.69, 9.17) is 10.5 Å². The zero-order valence-electron chi connectivity index (χ0n) is 13.5. The third-order valence-electron chi connectivity index (χ3n) is 3.08. The SMILES string of the molecule is CN(CC(=O)OCC(=O)Nc1ccc(C(N)=O)cc1)c1ncccn1. The van der Waals surface area contributed by atoms with Crippen molar-refractivity contribution < 1.29 is 19.1 Å². The molecule has 2 aromatic rings. The smallest absolute Gasteiger partial charge is 0.326 e. The van der Waals surface area contributed by atoms with Crippen LogP contribution in [0.25, 0.3) is 0 Å². The Hall–Kier alpha value is -3.49. The topological polar surface area (TPSA) is 128 Å². The first-order chi connectivity index (χ1) is 12.0. The molecule has 0 fully saturated rings. The highest BCUT2D eigenvalue weighted by molar-refractivity contribution is 5.95. The van der Waals surface area contributed by atoms with Crippen LogP contribution in [0.2, 0.25) is 0 Å². The highest BCUT2D eigenvalue weighted by Crippen LogP contribution is 2.09. The molecular weight excluding hydrogens is 326 g/mol. The van der Waals surface area contributed by atoms with Gasteiger partial charge in [-0.2, -0.15) is 0 Å². The fourth-order valence-corrected chi connectivity index (χ4v) is 1.86. The van der Waals surface area contributed by atoms with Crippen molar-refractivity contribution in [2.45, 2.75) is 0 Å². The standard InChI is InChI=1S/C16H17N5O4/c1-21(16-18-7-2-8-19-16)9-14(23)25-10-13(22)20-12-5-3-11(4-6-12)15(17)24/h2-8H,9-10H2,1H3,(H2,17,24)(H,20,22). The van der Waals surface area contributed by atoms with Crippen LogP contribution in [0, 0.1) is 0 Å². The largest absolute Gasteiger partial charge is 0.454 e. The first-order valence-corrected chi connectivity index (χ1v) is 7.29. The molecule has 1 aromatic heterocycles. The van der Waals surface area contributed by atoms with E-state index in [1.165, 1.54) is 29.2 Å². The zero-order chi connectivity index (χ0) is 18.2. The second-order valence-electron chi connectivity index (χ2n) is 5.06. The molecule has 0 bridgehead atoms. The Morgan fingerprint density at radius 2 is 1.80 bits per heavy atom. The number of esters is 1. The van der Waals surface area contributed by atoms with Crippen molar-refractivity contribution >= 4 is 29.4 Å². The molecule has 0 spiro atoms. The lowest BCUT2D eigenvalue weighted by atomic mass is 10.2. The number of likely N-dealkylation sites (N-methyl/N-ethyl adjacent to an activating group) is 1. The van der Waals surface area contributed by atoms with Crippen molar-refractivity contribution in [3.63, 3.8) is 0 Å². The van der Waals surface area contributed by atoms with Crippen molar-refractivity contribution in [3.8, 4) is 0 Å². The molecule has 0 saturated carbocycles. The Balaban J connectivity index is 1.77. The van der Waals surface area contributed by atoms with Crippen LogP contribution in [0.5, 0.6) is 0 Å². The summed E-state index contributed by atoms with van der Waals surface area (Å²) in [6.45, 7) is -0.523. The van der Waals surface area contributed by atoms with Gasteiger partial charge in [-0.1, -0.05) is 0 Å². The summed E-state index contributed by atoms with van der Waals surface area (Å²) < 4.78 is 4.91. The van der Waals surface area contributed by atoms with Crippen molar-refractivity contribution in [1.82, 2.24) is 9.97 Å². The highest BCUT2D eigenvalue weighted by atomic mass is 16.5. The maximum absolute atomic E-state index is 11.8. The van der Waals surface area contributed by atoms with E-state index in [1.54, 1.807) is 25.5 Å². The lowest BCUT2D eigenvalue weighted by Gasteiger charge is -2.15. The predicted octanol–water partition coefficient (Wildman–Crippen LogP) is 0.194. The van der Waals surface area contributed by atoms with Gasteiger partial charge in [0, 0.05) is 30.7 Å². The monoisotopic (exact) mass is 343 g/mol. The van der Waals surface area contributed by atoms with Crippen LogP contribution in [-0.4, -0.2) is 48.0 Å². The van der Waals surface area contributed by atoms with E-state index in [0.29, 0.717) is 17.2 Å². The van der Waals surface area contributed by atoms with Gasteiger partial charge in [-0.3, -0.25) is 14.4 Å². The molecule has 2 rings (SSSR count). The number of nitrogens with one attached hydrogen (secondary N) is 1. The van der Waals surface area contributed by atoms with Gasteiger partial charge < -0.3 is 20.7 Å². The third kappa shape index (κ3) is 5.57. The molecule has 0 radical (unpaired) electrons. The summed E-state index contributed by atoms with van der Waals surface area (Å²) in [5.41, 5.74) is 5.92. The minimum Gasteiger partial charge on any atom is -0.454 e. The number of carbonyl (C=O) groups excluding carboxylic acids is 3. The van der Waals surface area contributed by atoms with E-state index in [2.05, 4.69) is 15.3 Å². The number of primary amides is 1. The molecule has 1 heterocycles. The molecule has 9 heteroatoms. The first kappa shape index (κ1) is 17.9. The molecule has 0 aliphatic rings. The van der Waals surface area contributed by atoms with Crippen LogP contribution in [0.4, 0.5) is 11.6 Å². The van der Waals surface area contributed by atoms with Gasteiger partial charge in [-0.25, -0.2) is 9.97 Å². The molecule has 9 nitrogen and oxygen atoms in total. The van der Waals surface area contributed by atoms with E-state index in [9.17, 15) is 14.4 Å². The van der Waals surface area contributed by atoms with Crippen LogP contribution in [0.1, 0.15) is 10.4 Å². The number of rotatable bonds is 7. The van der Waals surface area contributed by atoms with Gasteiger partial charge in [0.2, 0.25) is 11.9 Å². The molecule has 2 amide bonds. The molecule has 0 aliphatic carbocycles. The van der Waals surface area contributed by atoms with Crippen molar-refractivity contribution in [3.05, 3.63) is 48.3 Å². The fraction of sp³-hybridized carbons (Fsp3) is 0.188. The summed E-state index contributed by atoms with van der Waals surface area (Å²) in [6.07, 6.45) is 3.11. The molecule has 3 N–H and O–H groups in total. The zero-order valence-corrected chi connectivity index (χ0v) is 13.5. The summed E-state index contributed by atoms with van der Waals surface area (Å²) in [6, 6.07) is 7.69. The van der Waals surface area contributed by atoms with E-state index in [-0.39, 0.29) is 6.54 Å². The van der Waals surface area contributed by atoms with Gasteiger partial charge in [0.25, 0.3) is 5.91 Å². The summed E-state index contributed by atoms with van der Waals surface area (Å²) in [5.74, 6) is -1.27. The third-order valence-corrected chi connectivity index (χ3v) is 3.08. The van der Waals surface area contributed by atoms with Gasteiger partial charge in [-0.15, -0.1) is 0 Å². The molecule has 0 atom stereocenters. The van der Waals surface area contributed by atoms with Crippen molar-refractivity contribution in [2.75, 3.05) is 30.4 Å². The number of hydrogen-bond acceptors (Lipinski definition) is 7. The van der Waals surface area contributed by atoms with Gasteiger partial charge in [0.15, 0.2) is 6.61 Å². The molecule has 0 unspecified atom stereocenters. The molecular formula is C16H17N5O4. The fourth-order valence-electron chi connectivity index (χ4n) is 1.86. The lowest BCUT2D eigenvalue weighted by molar-refractivity contribution is -0.145. The lowest BCUT2D eigenvalue weighted by Crippen LogP contribution is -2.30. The average molecular weight is 343 g/mol. The van der Waals surface area contributed by atoms with Crippen LogP contribution in [0.3, 0.4) is 0 Å². The van der Waals surface area contributed by atoms with Crippen LogP contribution < -0.4 is 16.0 Å². The van der Waals surface area contributed by atoms with Crippen molar-refractivity contribution in [1.29, 1.82) is 0 Å². The minimum atomic E-state index is -0.589. The Labute approximate surface area is 143 Å². The quantitative estimate of drug-likeness (QED) is 0.687. The number of benzene rings is 1. The maximum atomic E-state index is 11.8. The summed E-state index contributed by atoms with van der Waals surface area (Å²) in [4.78, 5) is 44.0. The minimum absolute atomic E-state index is 0.0927. The van der Waals surface area contributed by atoms with Crippen LogP contribution >= 0.6 is 0 Å². The maximum Gasteiger partial charge on any atom is 0.326 e. The number of aromatic nitrogens is 2. The number of ether oxygens (including phenoxy) is 1. The number of carbonyl (C=O) groups is 3. The van der Waals surface area contributed by atoms with E-state index in [0.717, 1.165) is 0 Å². The summed E-state index contributed by atoms with van der Waals surface area (Å²) >= 11 is 0.